The van der Waals surface area contributed by atoms with E-state index in [1.54, 1.807) is 0 Å². The lowest BCUT2D eigenvalue weighted by Gasteiger charge is -2.26. The van der Waals surface area contributed by atoms with Crippen LogP contribution in [-0.4, -0.2) is 38.0 Å². The molecule has 3 N–H and O–H groups in total. The molecule has 0 saturated heterocycles. The van der Waals surface area contributed by atoms with Gasteiger partial charge in [0, 0.05) is 6.04 Å². The Labute approximate surface area is 143 Å². The van der Waals surface area contributed by atoms with E-state index in [0.717, 1.165) is 11.3 Å². The van der Waals surface area contributed by atoms with Crippen LogP contribution >= 0.6 is 22.9 Å². The van der Waals surface area contributed by atoms with E-state index in [1.807, 2.05) is 0 Å². The van der Waals surface area contributed by atoms with Gasteiger partial charge in [-0.3, -0.25) is 9.59 Å². The first-order valence-corrected chi connectivity index (χ1v) is 9.73. The summed E-state index contributed by atoms with van der Waals surface area (Å²) in [5.41, 5.74) is 0. The Morgan fingerprint density at radius 3 is 2.43 bits per heavy atom. The number of halogens is 1. The molecule has 1 fully saturated rings. The van der Waals surface area contributed by atoms with Gasteiger partial charge in [0.15, 0.2) is 0 Å². The number of hydrogen-bond donors (Lipinski definition) is 3. The number of aliphatic carboxylic acids is 1. The Hall–Kier alpha value is -1.16. The minimum atomic E-state index is -3.75. The highest BCUT2D eigenvalue weighted by Gasteiger charge is 2.27. The Kier molecular flexibility index (Phi) is 6.01. The highest BCUT2D eigenvalue weighted by molar-refractivity contribution is 7.91. The molecular weight excluding hydrogens is 364 g/mol. The minimum Gasteiger partial charge on any atom is -0.481 e. The Bertz CT molecular complexity index is 680. The monoisotopic (exact) mass is 380 g/mol. The van der Waals surface area contributed by atoms with Crippen molar-refractivity contribution in [2.24, 2.45) is 5.92 Å². The van der Waals surface area contributed by atoms with Crippen LogP contribution in [0.5, 0.6) is 0 Å². The second kappa shape index (κ2) is 7.61. The van der Waals surface area contributed by atoms with E-state index in [1.165, 1.54) is 12.1 Å². The average molecular weight is 381 g/mol. The van der Waals surface area contributed by atoms with Crippen molar-refractivity contribution >= 4 is 44.8 Å². The summed E-state index contributed by atoms with van der Waals surface area (Å²) in [6.45, 7) is -0.364. The van der Waals surface area contributed by atoms with Gasteiger partial charge in [0.1, 0.15) is 4.21 Å². The fraction of sp³-hybridized carbons (Fsp3) is 0.538. The number of sulfonamides is 1. The van der Waals surface area contributed by atoms with E-state index in [9.17, 15) is 18.0 Å². The van der Waals surface area contributed by atoms with Crippen molar-refractivity contribution in [3.8, 4) is 0 Å². The van der Waals surface area contributed by atoms with Crippen molar-refractivity contribution in [3.63, 3.8) is 0 Å². The summed E-state index contributed by atoms with van der Waals surface area (Å²) in [6, 6.07) is 2.74. The largest absolute Gasteiger partial charge is 0.481 e. The maximum absolute atomic E-state index is 12.0. The van der Waals surface area contributed by atoms with E-state index in [2.05, 4.69) is 10.0 Å². The Morgan fingerprint density at radius 2 is 1.91 bits per heavy atom. The lowest BCUT2D eigenvalue weighted by atomic mass is 9.86. The molecular formula is C13H17ClN2O5S2. The van der Waals surface area contributed by atoms with Gasteiger partial charge in [-0.2, -0.15) is 0 Å². The molecule has 128 valence electrons. The predicted octanol–water partition coefficient (Wildman–Crippen LogP) is 1.44. The summed E-state index contributed by atoms with van der Waals surface area (Å²) < 4.78 is 26.5. The number of thiophene rings is 1. The second-order valence-electron chi connectivity index (χ2n) is 5.34. The lowest BCUT2D eigenvalue weighted by molar-refractivity contribution is -0.142. The van der Waals surface area contributed by atoms with Crippen molar-refractivity contribution in [2.75, 3.05) is 6.54 Å². The topological polar surface area (TPSA) is 113 Å². The highest BCUT2D eigenvalue weighted by atomic mass is 35.5. The van der Waals surface area contributed by atoms with Crippen LogP contribution in [0.4, 0.5) is 0 Å². The smallest absolute Gasteiger partial charge is 0.306 e. The molecule has 1 aliphatic carbocycles. The number of amides is 1. The first kappa shape index (κ1) is 18.2. The van der Waals surface area contributed by atoms with Crippen molar-refractivity contribution in [3.05, 3.63) is 16.5 Å². The van der Waals surface area contributed by atoms with Crippen LogP contribution in [0.1, 0.15) is 25.7 Å². The first-order chi connectivity index (χ1) is 10.8. The van der Waals surface area contributed by atoms with E-state index >= 15 is 0 Å². The number of carboxylic acid groups (broad SMARTS) is 1. The average Bonchev–Trinajstić information content (AvgIpc) is 2.93. The zero-order chi connectivity index (χ0) is 17.0. The molecule has 1 aliphatic rings. The molecule has 23 heavy (non-hydrogen) atoms. The summed E-state index contributed by atoms with van der Waals surface area (Å²) in [5.74, 6) is -1.60. The molecule has 1 heterocycles. The molecule has 10 heteroatoms. The Balaban J connectivity index is 1.78. The molecule has 2 rings (SSSR count). The second-order valence-corrected chi connectivity index (χ2v) is 9.05. The molecule has 7 nitrogen and oxygen atoms in total. The van der Waals surface area contributed by atoms with Gasteiger partial charge in [0.25, 0.3) is 10.0 Å². The first-order valence-electron chi connectivity index (χ1n) is 7.05. The van der Waals surface area contributed by atoms with Gasteiger partial charge in [-0.25, -0.2) is 13.1 Å². The molecule has 0 unspecified atom stereocenters. The Morgan fingerprint density at radius 1 is 1.26 bits per heavy atom. The third-order valence-electron chi connectivity index (χ3n) is 3.68. The molecule has 0 bridgehead atoms. The van der Waals surface area contributed by atoms with Gasteiger partial charge in [-0.05, 0) is 37.8 Å². The maximum Gasteiger partial charge on any atom is 0.306 e. The molecule has 1 amide bonds. The zero-order valence-corrected chi connectivity index (χ0v) is 14.5. The van der Waals surface area contributed by atoms with Crippen LogP contribution < -0.4 is 10.0 Å². The fourth-order valence-corrected chi connectivity index (χ4v) is 4.95. The quantitative estimate of drug-likeness (QED) is 0.691. The van der Waals surface area contributed by atoms with Crippen molar-refractivity contribution in [2.45, 2.75) is 35.9 Å². The molecule has 0 radical (unpaired) electrons. The summed E-state index contributed by atoms with van der Waals surface area (Å²) >= 11 is 6.61. The summed E-state index contributed by atoms with van der Waals surface area (Å²) in [4.78, 5) is 22.7. The molecule has 0 atom stereocenters. The summed E-state index contributed by atoms with van der Waals surface area (Å²) in [7, 11) is -3.75. The molecule has 0 aromatic carbocycles. The normalized spacial score (nSPS) is 21.8. The van der Waals surface area contributed by atoms with Crippen LogP contribution in [0, 0.1) is 5.92 Å². The van der Waals surface area contributed by atoms with Crippen molar-refractivity contribution < 1.29 is 23.1 Å². The van der Waals surface area contributed by atoms with E-state index in [-0.39, 0.29) is 22.7 Å². The van der Waals surface area contributed by atoms with Crippen LogP contribution in [0.2, 0.25) is 4.34 Å². The maximum atomic E-state index is 12.0. The van der Waals surface area contributed by atoms with Gasteiger partial charge in [0.2, 0.25) is 5.91 Å². The van der Waals surface area contributed by atoms with Crippen LogP contribution in [0.3, 0.4) is 0 Å². The van der Waals surface area contributed by atoms with Gasteiger partial charge >= 0.3 is 5.97 Å². The minimum absolute atomic E-state index is 0.0530. The molecule has 1 aromatic rings. The summed E-state index contributed by atoms with van der Waals surface area (Å²) in [5, 5.41) is 11.6. The number of hydrogen-bond acceptors (Lipinski definition) is 5. The van der Waals surface area contributed by atoms with E-state index in [0.29, 0.717) is 30.0 Å². The van der Waals surface area contributed by atoms with E-state index < -0.39 is 21.9 Å². The zero-order valence-electron chi connectivity index (χ0n) is 12.1. The number of carbonyl (C=O) groups excluding carboxylic acids is 1. The van der Waals surface area contributed by atoms with Crippen LogP contribution in [0.15, 0.2) is 16.3 Å². The van der Waals surface area contributed by atoms with Gasteiger partial charge in [-0.1, -0.05) is 11.6 Å². The number of nitrogens with one attached hydrogen (secondary N) is 2. The predicted molar refractivity (Wildman–Crippen MR) is 86.0 cm³/mol. The third-order valence-corrected chi connectivity index (χ3v) is 6.80. The number of rotatable bonds is 6. The number of carboxylic acids is 1. The van der Waals surface area contributed by atoms with Gasteiger partial charge in [-0.15, -0.1) is 11.3 Å². The van der Waals surface area contributed by atoms with Gasteiger partial charge < -0.3 is 10.4 Å². The highest BCUT2D eigenvalue weighted by Crippen LogP contribution is 2.25. The lowest BCUT2D eigenvalue weighted by Crippen LogP contribution is -2.43. The molecule has 1 saturated carbocycles. The molecule has 1 aromatic heterocycles. The number of carbonyl (C=O) groups is 2. The molecule has 0 spiro atoms. The van der Waals surface area contributed by atoms with Crippen molar-refractivity contribution in [1.82, 2.24) is 10.0 Å². The third kappa shape index (κ3) is 5.17. The SMILES string of the molecule is O=C(CNS(=O)(=O)c1ccc(Cl)s1)NC1CCC(C(=O)O)CC1. The standard InChI is InChI=1S/C13H17ClN2O5S2/c14-10-5-6-12(22-10)23(20,21)15-7-11(17)16-9-3-1-8(2-4-9)13(18)19/h5-6,8-9,15H,1-4,7H2,(H,16,17)(H,18,19). The molecule has 0 aliphatic heterocycles. The van der Waals surface area contributed by atoms with Gasteiger partial charge in [0.05, 0.1) is 16.8 Å². The van der Waals surface area contributed by atoms with Crippen molar-refractivity contribution in [1.29, 1.82) is 0 Å². The van der Waals surface area contributed by atoms with E-state index in [4.69, 9.17) is 16.7 Å². The fourth-order valence-electron chi connectivity index (χ4n) is 2.44. The van der Waals surface area contributed by atoms with Crippen LogP contribution in [-0.2, 0) is 19.6 Å². The van der Waals surface area contributed by atoms with Crippen LogP contribution in [0.25, 0.3) is 0 Å². The summed E-state index contributed by atoms with van der Waals surface area (Å²) in [6.07, 6.45) is 2.19.